The van der Waals surface area contributed by atoms with Gasteiger partial charge in [-0.15, -0.1) is 0 Å². The van der Waals surface area contributed by atoms with Crippen LogP contribution in [0.5, 0.6) is 0 Å². The molecule has 1 N–H and O–H groups in total. The lowest BCUT2D eigenvalue weighted by Crippen LogP contribution is -2.43. The molecular weight excluding hydrogens is 322 g/mol. The third kappa shape index (κ3) is 3.62. The van der Waals surface area contributed by atoms with Crippen molar-refractivity contribution in [2.75, 3.05) is 19.6 Å². The summed E-state index contributed by atoms with van der Waals surface area (Å²) in [5.41, 5.74) is 4.36. The molecule has 2 aromatic rings. The van der Waals surface area contributed by atoms with Crippen LogP contribution in [0.2, 0.25) is 0 Å². The lowest BCUT2D eigenvalue weighted by molar-refractivity contribution is 0.121. The molecule has 1 aromatic carbocycles. The third-order valence-electron chi connectivity index (χ3n) is 6.13. The zero-order chi connectivity index (χ0) is 18.1. The molecule has 0 saturated carbocycles. The van der Waals surface area contributed by atoms with Crippen LogP contribution in [0.3, 0.4) is 0 Å². The monoisotopic (exact) mass is 351 g/mol. The Balaban J connectivity index is 1.48. The number of fused-ring (bicyclic) bond motifs is 4. The highest BCUT2D eigenvalue weighted by atomic mass is 16.1. The van der Waals surface area contributed by atoms with Crippen LogP contribution >= 0.6 is 0 Å². The number of aryl methyl sites for hydroxylation is 1. The molecule has 2 bridgehead atoms. The largest absolute Gasteiger partial charge is 0.363 e. The van der Waals surface area contributed by atoms with Gasteiger partial charge in [-0.25, -0.2) is 0 Å². The van der Waals surface area contributed by atoms with Gasteiger partial charge in [0.2, 0.25) is 0 Å². The Morgan fingerprint density at radius 2 is 1.85 bits per heavy atom. The topological polar surface area (TPSA) is 39.3 Å². The zero-order valence-electron chi connectivity index (χ0n) is 15.9. The Morgan fingerprint density at radius 3 is 2.65 bits per heavy atom. The molecule has 0 aliphatic carbocycles. The van der Waals surface area contributed by atoms with Crippen molar-refractivity contribution < 1.29 is 0 Å². The Kier molecular flexibility index (Phi) is 4.96. The van der Waals surface area contributed by atoms with Crippen LogP contribution in [0.4, 0.5) is 0 Å². The summed E-state index contributed by atoms with van der Waals surface area (Å²) < 4.78 is 0. The van der Waals surface area contributed by atoms with Gasteiger partial charge in [0.15, 0.2) is 5.43 Å². The molecule has 4 heteroatoms. The van der Waals surface area contributed by atoms with Crippen LogP contribution in [-0.2, 0) is 13.1 Å². The van der Waals surface area contributed by atoms with E-state index in [0.717, 1.165) is 48.9 Å². The molecule has 3 aliphatic rings. The van der Waals surface area contributed by atoms with Gasteiger partial charge in [-0.3, -0.25) is 14.6 Å². The van der Waals surface area contributed by atoms with Gasteiger partial charge in [-0.1, -0.05) is 30.3 Å². The maximum Gasteiger partial charge on any atom is 0.187 e. The Hall–Kier alpha value is -1.91. The minimum absolute atomic E-state index is 0.185. The second-order valence-electron chi connectivity index (χ2n) is 8.11. The number of nitrogens with zero attached hydrogens (tertiary/aromatic N) is 2. The van der Waals surface area contributed by atoms with Gasteiger partial charge in [0.25, 0.3) is 0 Å². The molecule has 3 fully saturated rings. The van der Waals surface area contributed by atoms with E-state index in [1.807, 2.05) is 20.0 Å². The maximum absolute atomic E-state index is 12.3. The number of benzene rings is 1. The fraction of sp³-hybridized carbons (Fsp3) is 0.500. The van der Waals surface area contributed by atoms with Gasteiger partial charge in [-0.05, 0) is 38.2 Å². The van der Waals surface area contributed by atoms with Crippen molar-refractivity contribution >= 4 is 0 Å². The van der Waals surface area contributed by atoms with Gasteiger partial charge in [0, 0.05) is 61.8 Å². The van der Waals surface area contributed by atoms with E-state index in [0.29, 0.717) is 6.04 Å². The van der Waals surface area contributed by atoms with Crippen LogP contribution in [0.1, 0.15) is 35.2 Å². The fourth-order valence-corrected chi connectivity index (χ4v) is 4.61. The number of nitrogens with one attached hydrogen (secondary N) is 1. The molecule has 0 amide bonds. The van der Waals surface area contributed by atoms with Crippen LogP contribution < -0.4 is 5.43 Å². The van der Waals surface area contributed by atoms with Gasteiger partial charge < -0.3 is 4.98 Å². The zero-order valence-corrected chi connectivity index (χ0v) is 15.9. The van der Waals surface area contributed by atoms with Crippen LogP contribution in [0.15, 0.2) is 41.3 Å². The average molecular weight is 351 g/mol. The number of H-pyrrole nitrogens is 1. The molecule has 2 atom stereocenters. The standard InChI is InChI=1S/C22H29N3O/c1-16-10-23-21(17(2)22(16)26)15-25-13-19-8-9-20(25)14-24(12-19)11-18-6-4-3-5-7-18/h3-7,10,19-20H,8-9,11-15H2,1-2H3,(H,23,26)/t19-,20+/m0/s1. The summed E-state index contributed by atoms with van der Waals surface area (Å²) in [5, 5.41) is 0. The van der Waals surface area contributed by atoms with Gasteiger partial charge in [0.1, 0.15) is 0 Å². The van der Waals surface area contributed by atoms with E-state index in [2.05, 4.69) is 45.1 Å². The SMILES string of the molecule is Cc1c[nH]c(CN2C[C@H]3CC[C@@H]2CN(Cc2ccccc2)C3)c(C)c1=O. The quantitative estimate of drug-likeness (QED) is 0.920. The van der Waals surface area contributed by atoms with Crippen molar-refractivity contribution in [3.05, 3.63) is 69.1 Å². The predicted molar refractivity (Wildman–Crippen MR) is 105 cm³/mol. The Morgan fingerprint density at radius 1 is 1.04 bits per heavy atom. The Bertz CT molecular complexity index is 814. The molecule has 3 saturated heterocycles. The third-order valence-corrected chi connectivity index (χ3v) is 6.13. The lowest BCUT2D eigenvalue weighted by atomic mass is 9.94. The number of hydrogen-bond acceptors (Lipinski definition) is 3. The normalized spacial score (nSPS) is 23.9. The summed E-state index contributed by atoms with van der Waals surface area (Å²) in [6.45, 7) is 9.20. The molecule has 1 aromatic heterocycles. The second-order valence-corrected chi connectivity index (χ2v) is 8.11. The van der Waals surface area contributed by atoms with E-state index in [9.17, 15) is 4.79 Å². The van der Waals surface area contributed by atoms with E-state index >= 15 is 0 Å². The highest BCUT2D eigenvalue weighted by Gasteiger charge is 2.34. The number of aromatic nitrogens is 1. The molecule has 138 valence electrons. The highest BCUT2D eigenvalue weighted by molar-refractivity contribution is 5.23. The molecule has 4 heterocycles. The van der Waals surface area contributed by atoms with Crippen LogP contribution in [-0.4, -0.2) is 40.5 Å². The maximum atomic E-state index is 12.3. The van der Waals surface area contributed by atoms with Crippen LogP contribution in [0.25, 0.3) is 0 Å². The van der Waals surface area contributed by atoms with Gasteiger partial charge in [0.05, 0.1) is 0 Å². The number of rotatable bonds is 4. The molecule has 0 spiro atoms. The van der Waals surface area contributed by atoms with E-state index in [4.69, 9.17) is 0 Å². The van der Waals surface area contributed by atoms with Crippen LogP contribution in [0, 0.1) is 19.8 Å². The number of piperidine rings is 1. The summed E-state index contributed by atoms with van der Waals surface area (Å²) >= 11 is 0. The van der Waals surface area contributed by atoms with Crippen molar-refractivity contribution in [1.29, 1.82) is 0 Å². The van der Waals surface area contributed by atoms with E-state index in [1.54, 1.807) is 0 Å². The first kappa shape index (κ1) is 17.5. The number of aromatic amines is 1. The van der Waals surface area contributed by atoms with Crippen molar-refractivity contribution in [3.8, 4) is 0 Å². The van der Waals surface area contributed by atoms with Gasteiger partial charge in [-0.2, -0.15) is 0 Å². The van der Waals surface area contributed by atoms with Crippen molar-refractivity contribution in [1.82, 2.24) is 14.8 Å². The molecule has 0 radical (unpaired) electrons. The van der Waals surface area contributed by atoms with Crippen molar-refractivity contribution in [3.63, 3.8) is 0 Å². The van der Waals surface area contributed by atoms with E-state index in [-0.39, 0.29) is 5.43 Å². The minimum atomic E-state index is 0.185. The number of hydrogen-bond donors (Lipinski definition) is 1. The molecular formula is C22H29N3O. The predicted octanol–water partition coefficient (Wildman–Crippen LogP) is 3.09. The second kappa shape index (κ2) is 7.37. The first-order valence-electron chi connectivity index (χ1n) is 9.78. The molecule has 3 aliphatic heterocycles. The summed E-state index contributed by atoms with van der Waals surface area (Å²) in [4.78, 5) is 20.9. The van der Waals surface area contributed by atoms with E-state index < -0.39 is 0 Å². The summed E-state index contributed by atoms with van der Waals surface area (Å²) in [7, 11) is 0. The summed E-state index contributed by atoms with van der Waals surface area (Å²) in [6, 6.07) is 11.4. The first-order valence-corrected chi connectivity index (χ1v) is 9.78. The van der Waals surface area contributed by atoms with Crippen molar-refractivity contribution in [2.24, 2.45) is 5.92 Å². The molecule has 0 unspecified atom stereocenters. The van der Waals surface area contributed by atoms with E-state index in [1.165, 1.54) is 24.9 Å². The smallest absolute Gasteiger partial charge is 0.187 e. The molecule has 4 nitrogen and oxygen atoms in total. The first-order chi connectivity index (χ1) is 12.6. The highest BCUT2D eigenvalue weighted by Crippen LogP contribution is 2.30. The fourth-order valence-electron chi connectivity index (χ4n) is 4.61. The molecule has 26 heavy (non-hydrogen) atoms. The summed E-state index contributed by atoms with van der Waals surface area (Å²) in [6.07, 6.45) is 4.46. The number of pyridine rings is 1. The lowest BCUT2D eigenvalue weighted by Gasteiger charge is -2.36. The minimum Gasteiger partial charge on any atom is -0.363 e. The average Bonchev–Trinajstić information content (AvgIpc) is 2.93. The Labute approximate surface area is 155 Å². The molecule has 5 rings (SSSR count). The van der Waals surface area contributed by atoms with Gasteiger partial charge >= 0.3 is 0 Å². The van der Waals surface area contributed by atoms with Crippen molar-refractivity contribution in [2.45, 2.75) is 45.8 Å². The summed E-state index contributed by atoms with van der Waals surface area (Å²) in [5.74, 6) is 0.731.